The molecule has 72 valence electrons. The maximum Gasteiger partial charge on any atom is 0.301 e. The topological polar surface area (TPSA) is 46.5 Å². The van der Waals surface area contributed by atoms with E-state index in [2.05, 4.69) is 4.18 Å². The summed E-state index contributed by atoms with van der Waals surface area (Å²) in [6.07, 6.45) is 0. The molecule has 4 heteroatoms. The molecule has 0 aliphatic heterocycles. The Morgan fingerprint density at radius 2 is 2.08 bits per heavy atom. The van der Waals surface area contributed by atoms with E-state index >= 15 is 0 Å². The molecular formula is C9H12O3S. The molecule has 1 aromatic rings. The third kappa shape index (κ3) is 3.67. The minimum Gasteiger partial charge on any atom is -0.284 e. The van der Waals surface area contributed by atoms with Gasteiger partial charge in [-0.2, -0.15) is 4.21 Å². The molecule has 3 nitrogen and oxygen atoms in total. The van der Waals surface area contributed by atoms with Crippen molar-refractivity contribution in [3.05, 3.63) is 35.9 Å². The van der Waals surface area contributed by atoms with E-state index in [-0.39, 0.29) is 12.5 Å². The van der Waals surface area contributed by atoms with E-state index in [0.29, 0.717) is 0 Å². The summed E-state index contributed by atoms with van der Waals surface area (Å²) in [4.78, 5) is 0. The Morgan fingerprint density at radius 3 is 2.62 bits per heavy atom. The van der Waals surface area contributed by atoms with E-state index in [9.17, 15) is 4.21 Å². The van der Waals surface area contributed by atoms with Gasteiger partial charge in [-0.05, 0) is 5.56 Å². The molecule has 0 aliphatic rings. The molecule has 0 bridgehead atoms. The van der Waals surface area contributed by atoms with Crippen LogP contribution in [0.4, 0.5) is 0 Å². The molecule has 13 heavy (non-hydrogen) atoms. The molecule has 2 unspecified atom stereocenters. The first-order chi connectivity index (χ1) is 6.20. The van der Waals surface area contributed by atoms with Crippen molar-refractivity contribution in [2.45, 2.75) is 12.8 Å². The largest absolute Gasteiger partial charge is 0.301 e. The van der Waals surface area contributed by atoms with Crippen molar-refractivity contribution < 1.29 is 12.9 Å². The van der Waals surface area contributed by atoms with Gasteiger partial charge in [0.15, 0.2) is 0 Å². The predicted octanol–water partition coefficient (Wildman–Crippen LogP) is 1.94. The van der Waals surface area contributed by atoms with Crippen LogP contribution in [0, 0.1) is 0 Å². The summed E-state index contributed by atoms with van der Waals surface area (Å²) in [5.74, 6) is 0.136. The van der Waals surface area contributed by atoms with Gasteiger partial charge in [-0.25, -0.2) is 0 Å². The van der Waals surface area contributed by atoms with Crippen LogP contribution in [0.3, 0.4) is 0 Å². The van der Waals surface area contributed by atoms with Gasteiger partial charge in [-0.1, -0.05) is 37.3 Å². The third-order valence-electron chi connectivity index (χ3n) is 1.79. The van der Waals surface area contributed by atoms with Gasteiger partial charge in [0.05, 0.1) is 6.61 Å². The summed E-state index contributed by atoms with van der Waals surface area (Å²) in [5.41, 5.74) is 1.10. The van der Waals surface area contributed by atoms with Crippen LogP contribution in [0.15, 0.2) is 30.3 Å². The second kappa shape index (κ2) is 5.11. The van der Waals surface area contributed by atoms with Crippen molar-refractivity contribution in [2.24, 2.45) is 0 Å². The average molecular weight is 200 g/mol. The Balaban J connectivity index is 2.49. The first-order valence-electron chi connectivity index (χ1n) is 3.99. The van der Waals surface area contributed by atoms with Gasteiger partial charge in [0.25, 0.3) is 0 Å². The lowest BCUT2D eigenvalue weighted by atomic mass is 10.0. The van der Waals surface area contributed by atoms with Crippen LogP contribution in [0.5, 0.6) is 0 Å². The Hall–Kier alpha value is -0.710. The zero-order valence-electron chi connectivity index (χ0n) is 7.34. The second-order valence-electron chi connectivity index (χ2n) is 2.81. The molecule has 1 N–H and O–H groups in total. The molecule has 1 aromatic carbocycles. The van der Waals surface area contributed by atoms with Gasteiger partial charge >= 0.3 is 11.4 Å². The van der Waals surface area contributed by atoms with Crippen molar-refractivity contribution in [3.63, 3.8) is 0 Å². The van der Waals surface area contributed by atoms with Crippen LogP contribution in [-0.4, -0.2) is 15.4 Å². The lowest BCUT2D eigenvalue weighted by molar-refractivity contribution is 0.289. The highest BCUT2D eigenvalue weighted by molar-refractivity contribution is 7.74. The molecule has 1 rings (SSSR count). The van der Waals surface area contributed by atoms with Crippen LogP contribution >= 0.6 is 0 Å². The molecule has 0 spiro atoms. The average Bonchev–Trinajstić information content (AvgIpc) is 2.15. The quantitative estimate of drug-likeness (QED) is 0.755. The smallest absolute Gasteiger partial charge is 0.284 e. The van der Waals surface area contributed by atoms with Crippen molar-refractivity contribution in [2.75, 3.05) is 6.61 Å². The Kier molecular flexibility index (Phi) is 4.08. The monoisotopic (exact) mass is 200 g/mol. The van der Waals surface area contributed by atoms with Crippen LogP contribution in [0.2, 0.25) is 0 Å². The van der Waals surface area contributed by atoms with Gasteiger partial charge < -0.3 is 0 Å². The molecule has 0 heterocycles. The Labute approximate surface area is 80.2 Å². The molecule has 0 fully saturated rings. The summed E-state index contributed by atoms with van der Waals surface area (Å²) in [6, 6.07) is 9.73. The molecule has 0 amide bonds. The fraction of sp³-hybridized carbons (Fsp3) is 0.333. The molecule has 0 saturated heterocycles. The first kappa shape index (κ1) is 10.4. The summed E-state index contributed by atoms with van der Waals surface area (Å²) in [6.45, 7) is 2.20. The number of hydrogen-bond donors (Lipinski definition) is 1. The zero-order chi connectivity index (χ0) is 9.68. The summed E-state index contributed by atoms with van der Waals surface area (Å²) >= 11 is -2.16. The van der Waals surface area contributed by atoms with Gasteiger partial charge in [-0.3, -0.25) is 8.74 Å². The lowest BCUT2D eigenvalue weighted by Gasteiger charge is -2.09. The molecule has 0 aromatic heterocycles. The normalized spacial score (nSPS) is 15.2. The van der Waals surface area contributed by atoms with Crippen molar-refractivity contribution >= 4 is 11.4 Å². The third-order valence-corrected chi connectivity index (χ3v) is 2.13. The SMILES string of the molecule is CC(COS(=O)O)c1ccccc1. The first-order valence-corrected chi connectivity index (χ1v) is 5.02. The summed E-state index contributed by atoms with van der Waals surface area (Å²) in [7, 11) is 0. The van der Waals surface area contributed by atoms with Crippen LogP contribution in [-0.2, 0) is 15.5 Å². The standard InChI is InChI=1S/C9H12O3S/c1-8(7-12-13(10)11)9-5-3-2-4-6-9/h2-6,8H,7H2,1H3,(H,10,11). The van der Waals surface area contributed by atoms with Crippen LogP contribution in [0.25, 0.3) is 0 Å². The highest BCUT2D eigenvalue weighted by atomic mass is 32.2. The van der Waals surface area contributed by atoms with E-state index in [0.717, 1.165) is 5.56 Å². The van der Waals surface area contributed by atoms with Crippen LogP contribution < -0.4 is 0 Å². The second-order valence-corrected chi connectivity index (χ2v) is 3.48. The molecule has 0 radical (unpaired) electrons. The Bertz CT molecular complexity index is 273. The predicted molar refractivity (Wildman–Crippen MR) is 51.6 cm³/mol. The molecular weight excluding hydrogens is 188 g/mol. The fourth-order valence-corrected chi connectivity index (χ4v) is 1.36. The maximum absolute atomic E-state index is 10.2. The van der Waals surface area contributed by atoms with Crippen molar-refractivity contribution in [3.8, 4) is 0 Å². The van der Waals surface area contributed by atoms with E-state index in [1.165, 1.54) is 0 Å². The van der Waals surface area contributed by atoms with Gasteiger partial charge in [-0.15, -0.1) is 0 Å². The van der Waals surface area contributed by atoms with E-state index in [4.69, 9.17) is 4.55 Å². The summed E-state index contributed by atoms with van der Waals surface area (Å²) < 4.78 is 23.2. The zero-order valence-corrected chi connectivity index (χ0v) is 8.16. The van der Waals surface area contributed by atoms with Crippen molar-refractivity contribution in [1.29, 1.82) is 0 Å². The van der Waals surface area contributed by atoms with Crippen molar-refractivity contribution in [1.82, 2.24) is 0 Å². The minimum atomic E-state index is -2.16. The van der Waals surface area contributed by atoms with Gasteiger partial charge in [0.1, 0.15) is 0 Å². The van der Waals surface area contributed by atoms with E-state index in [1.54, 1.807) is 0 Å². The molecule has 0 saturated carbocycles. The molecule has 2 atom stereocenters. The van der Waals surface area contributed by atoms with E-state index in [1.807, 2.05) is 37.3 Å². The van der Waals surface area contributed by atoms with Gasteiger partial charge in [0, 0.05) is 5.92 Å². The minimum absolute atomic E-state index is 0.136. The number of hydrogen-bond acceptors (Lipinski definition) is 2. The number of benzene rings is 1. The van der Waals surface area contributed by atoms with E-state index < -0.39 is 11.4 Å². The van der Waals surface area contributed by atoms with Gasteiger partial charge in [0.2, 0.25) is 0 Å². The van der Waals surface area contributed by atoms with Crippen LogP contribution in [0.1, 0.15) is 18.4 Å². The molecule has 0 aliphatic carbocycles. The maximum atomic E-state index is 10.2. The highest BCUT2D eigenvalue weighted by Gasteiger charge is 2.06. The number of rotatable bonds is 4. The highest BCUT2D eigenvalue weighted by Crippen LogP contribution is 2.14. The Morgan fingerprint density at radius 1 is 1.46 bits per heavy atom. The lowest BCUT2D eigenvalue weighted by Crippen LogP contribution is -2.05. The summed E-state index contributed by atoms with van der Waals surface area (Å²) in [5, 5.41) is 0. The fourth-order valence-electron chi connectivity index (χ4n) is 1.04.